The van der Waals surface area contributed by atoms with Gasteiger partial charge in [-0.15, -0.1) is 0 Å². The zero-order valence-corrected chi connectivity index (χ0v) is 11.2. The molecule has 19 heavy (non-hydrogen) atoms. The molecule has 1 fully saturated rings. The van der Waals surface area contributed by atoms with Crippen molar-refractivity contribution >= 4 is 0 Å². The minimum Gasteiger partial charge on any atom is -0.385 e. The number of rotatable bonds is 1. The van der Waals surface area contributed by atoms with Crippen molar-refractivity contribution in [2.45, 2.75) is 51.3 Å². The van der Waals surface area contributed by atoms with Crippen LogP contribution < -0.4 is 0 Å². The van der Waals surface area contributed by atoms with Crippen molar-refractivity contribution in [3.05, 3.63) is 34.9 Å². The van der Waals surface area contributed by atoms with Gasteiger partial charge in [-0.1, -0.05) is 18.2 Å². The van der Waals surface area contributed by atoms with E-state index >= 15 is 0 Å². The Labute approximate surface area is 111 Å². The van der Waals surface area contributed by atoms with Gasteiger partial charge in [0.25, 0.3) is 0 Å². The third-order valence-corrected chi connectivity index (χ3v) is 4.30. The van der Waals surface area contributed by atoms with Gasteiger partial charge in [0.2, 0.25) is 0 Å². The maximum atomic E-state index is 12.9. The molecule has 0 aromatic heterocycles. The molecule has 0 aliphatic heterocycles. The first-order valence-electron chi connectivity index (χ1n) is 6.60. The van der Waals surface area contributed by atoms with Crippen LogP contribution in [0.25, 0.3) is 0 Å². The Morgan fingerprint density at radius 2 is 1.95 bits per heavy atom. The van der Waals surface area contributed by atoms with Gasteiger partial charge >= 0.3 is 6.18 Å². The van der Waals surface area contributed by atoms with E-state index in [0.29, 0.717) is 18.4 Å². The van der Waals surface area contributed by atoms with Crippen LogP contribution in [0, 0.1) is 19.8 Å². The van der Waals surface area contributed by atoms with Gasteiger partial charge in [0.15, 0.2) is 0 Å². The quantitative estimate of drug-likeness (QED) is 0.810. The number of alkyl halides is 3. The number of aryl methyl sites for hydroxylation is 1. The molecule has 2 atom stereocenters. The summed E-state index contributed by atoms with van der Waals surface area (Å²) in [6.07, 6.45) is -3.50. The largest absolute Gasteiger partial charge is 0.391 e. The van der Waals surface area contributed by atoms with E-state index in [1.54, 1.807) is 12.1 Å². The number of aliphatic hydroxyl groups is 1. The number of hydrogen-bond acceptors (Lipinski definition) is 1. The molecule has 2 unspecified atom stereocenters. The summed E-state index contributed by atoms with van der Waals surface area (Å²) < 4.78 is 38.6. The summed E-state index contributed by atoms with van der Waals surface area (Å²) in [7, 11) is 0. The Bertz CT molecular complexity index is 467. The first kappa shape index (κ1) is 14.4. The molecule has 0 bridgehead atoms. The normalized spacial score (nSPS) is 28.4. The van der Waals surface area contributed by atoms with Crippen molar-refractivity contribution < 1.29 is 18.3 Å². The molecular weight excluding hydrogens is 253 g/mol. The highest BCUT2D eigenvalue weighted by molar-refractivity contribution is 5.37. The molecule has 4 heteroatoms. The van der Waals surface area contributed by atoms with Gasteiger partial charge in [0, 0.05) is 0 Å². The van der Waals surface area contributed by atoms with Crippen LogP contribution in [0.15, 0.2) is 18.2 Å². The number of hydrogen-bond donors (Lipinski definition) is 1. The second-order valence-corrected chi connectivity index (χ2v) is 5.61. The van der Waals surface area contributed by atoms with Gasteiger partial charge in [0.1, 0.15) is 0 Å². The molecule has 106 valence electrons. The van der Waals surface area contributed by atoms with E-state index in [1.807, 2.05) is 19.9 Å². The number of benzene rings is 1. The van der Waals surface area contributed by atoms with Crippen LogP contribution >= 0.6 is 0 Å². The van der Waals surface area contributed by atoms with E-state index in [2.05, 4.69) is 0 Å². The van der Waals surface area contributed by atoms with Crippen molar-refractivity contribution in [2.24, 2.45) is 5.92 Å². The summed E-state index contributed by atoms with van der Waals surface area (Å²) in [6.45, 7) is 3.77. The first-order chi connectivity index (χ1) is 8.74. The molecule has 0 radical (unpaired) electrons. The van der Waals surface area contributed by atoms with Crippen LogP contribution in [0.1, 0.15) is 42.4 Å². The lowest BCUT2D eigenvalue weighted by Crippen LogP contribution is -2.39. The predicted octanol–water partition coefficient (Wildman–Crippen LogP) is 4.24. The molecule has 1 aliphatic carbocycles. The van der Waals surface area contributed by atoms with Crippen molar-refractivity contribution in [2.75, 3.05) is 0 Å². The van der Waals surface area contributed by atoms with Crippen LogP contribution in [0.4, 0.5) is 13.2 Å². The molecule has 0 amide bonds. The molecule has 1 aliphatic rings. The summed E-state index contributed by atoms with van der Waals surface area (Å²) in [5, 5.41) is 10.7. The van der Waals surface area contributed by atoms with Crippen LogP contribution in [-0.4, -0.2) is 11.3 Å². The van der Waals surface area contributed by atoms with E-state index in [0.717, 1.165) is 11.1 Å². The fraction of sp³-hybridized carbons (Fsp3) is 0.600. The van der Waals surface area contributed by atoms with Gasteiger partial charge in [-0.25, -0.2) is 0 Å². The average molecular weight is 272 g/mol. The fourth-order valence-electron chi connectivity index (χ4n) is 3.03. The summed E-state index contributed by atoms with van der Waals surface area (Å²) in [5.74, 6) is -1.40. The Hall–Kier alpha value is -1.03. The minimum atomic E-state index is -4.22. The van der Waals surface area contributed by atoms with E-state index < -0.39 is 17.7 Å². The summed E-state index contributed by atoms with van der Waals surface area (Å²) >= 11 is 0. The number of halogens is 3. The van der Waals surface area contributed by atoms with Crippen molar-refractivity contribution in [3.8, 4) is 0 Å². The minimum absolute atomic E-state index is 0.122. The molecule has 0 saturated heterocycles. The van der Waals surface area contributed by atoms with Crippen LogP contribution in [0.5, 0.6) is 0 Å². The highest BCUT2D eigenvalue weighted by atomic mass is 19.4. The molecule has 1 aromatic carbocycles. The zero-order valence-electron chi connectivity index (χ0n) is 11.2. The molecule has 2 rings (SSSR count). The summed E-state index contributed by atoms with van der Waals surface area (Å²) in [4.78, 5) is 0. The third-order valence-electron chi connectivity index (χ3n) is 4.30. The Balaban J connectivity index is 2.34. The van der Waals surface area contributed by atoms with Gasteiger partial charge in [-0.05, 0) is 56.2 Å². The first-order valence-corrected chi connectivity index (χ1v) is 6.60. The Morgan fingerprint density at radius 3 is 2.58 bits per heavy atom. The van der Waals surface area contributed by atoms with Crippen molar-refractivity contribution in [1.29, 1.82) is 0 Å². The molecule has 1 aromatic rings. The van der Waals surface area contributed by atoms with Crippen LogP contribution in [0.2, 0.25) is 0 Å². The van der Waals surface area contributed by atoms with E-state index in [1.165, 1.54) is 0 Å². The molecule has 0 spiro atoms. The second-order valence-electron chi connectivity index (χ2n) is 5.61. The van der Waals surface area contributed by atoms with Gasteiger partial charge in [0.05, 0.1) is 11.5 Å². The smallest absolute Gasteiger partial charge is 0.385 e. The molecule has 1 saturated carbocycles. The zero-order chi connectivity index (χ0) is 14.3. The van der Waals surface area contributed by atoms with E-state index in [4.69, 9.17) is 0 Å². The molecular formula is C15H19F3O. The van der Waals surface area contributed by atoms with E-state index in [-0.39, 0.29) is 12.8 Å². The Kier molecular flexibility index (Phi) is 3.65. The maximum Gasteiger partial charge on any atom is 0.391 e. The standard InChI is InChI=1S/C15H19F3O/c1-10-5-3-7-13(11(10)2)14(19)8-4-6-12(9-14)15(16,17)18/h3,5,7,12,19H,4,6,8-9H2,1-2H3. The molecule has 0 heterocycles. The highest BCUT2D eigenvalue weighted by Gasteiger charge is 2.47. The lowest BCUT2D eigenvalue weighted by Gasteiger charge is -2.39. The predicted molar refractivity (Wildman–Crippen MR) is 67.8 cm³/mol. The second kappa shape index (κ2) is 4.82. The van der Waals surface area contributed by atoms with Gasteiger partial charge in [-0.3, -0.25) is 0 Å². The lowest BCUT2D eigenvalue weighted by molar-refractivity contribution is -0.202. The topological polar surface area (TPSA) is 20.2 Å². The van der Waals surface area contributed by atoms with Crippen LogP contribution in [-0.2, 0) is 5.60 Å². The summed E-state index contributed by atoms with van der Waals surface area (Å²) in [5.41, 5.74) is 1.21. The fourth-order valence-corrected chi connectivity index (χ4v) is 3.03. The average Bonchev–Trinajstić information content (AvgIpc) is 2.31. The maximum absolute atomic E-state index is 12.9. The lowest BCUT2D eigenvalue weighted by atomic mass is 9.72. The van der Waals surface area contributed by atoms with Crippen molar-refractivity contribution in [1.82, 2.24) is 0 Å². The monoisotopic (exact) mass is 272 g/mol. The molecule has 1 N–H and O–H groups in total. The third kappa shape index (κ3) is 2.78. The van der Waals surface area contributed by atoms with Gasteiger partial charge < -0.3 is 5.11 Å². The highest BCUT2D eigenvalue weighted by Crippen LogP contribution is 2.46. The van der Waals surface area contributed by atoms with E-state index in [9.17, 15) is 18.3 Å². The van der Waals surface area contributed by atoms with Gasteiger partial charge in [-0.2, -0.15) is 13.2 Å². The summed E-state index contributed by atoms with van der Waals surface area (Å²) in [6, 6.07) is 5.46. The Morgan fingerprint density at radius 1 is 1.26 bits per heavy atom. The molecule has 1 nitrogen and oxygen atoms in total. The SMILES string of the molecule is Cc1cccc(C2(O)CCCC(C(F)(F)F)C2)c1C. The van der Waals surface area contributed by atoms with Crippen molar-refractivity contribution in [3.63, 3.8) is 0 Å². The van der Waals surface area contributed by atoms with Crippen LogP contribution in [0.3, 0.4) is 0 Å².